The van der Waals surface area contributed by atoms with Crippen LogP contribution in [0.15, 0.2) is 24.3 Å². The molecule has 1 aromatic carbocycles. The lowest BCUT2D eigenvalue weighted by atomic mass is 9.73. The minimum Gasteiger partial charge on any atom is -0.465 e. The van der Waals surface area contributed by atoms with E-state index in [0.29, 0.717) is 12.5 Å². The van der Waals surface area contributed by atoms with Crippen LogP contribution in [0, 0.1) is 22.0 Å². The van der Waals surface area contributed by atoms with Crippen molar-refractivity contribution in [2.75, 3.05) is 13.1 Å². The number of nitrogens with zero attached hydrogens (tertiary/aromatic N) is 2. The fourth-order valence-corrected chi connectivity index (χ4v) is 4.35. The van der Waals surface area contributed by atoms with Gasteiger partial charge in [0.1, 0.15) is 5.75 Å². The SMILES string of the molecule is O=C(NC1CN(C(=O)O)CCC1C1CCCCC1)Oc1ccc([N+](=O)[O-])cc1. The maximum absolute atomic E-state index is 12.4. The van der Waals surface area contributed by atoms with Crippen LogP contribution in [0.1, 0.15) is 38.5 Å². The molecule has 2 unspecified atom stereocenters. The van der Waals surface area contributed by atoms with Gasteiger partial charge in [-0.1, -0.05) is 32.1 Å². The van der Waals surface area contributed by atoms with Crippen LogP contribution in [0.4, 0.5) is 15.3 Å². The van der Waals surface area contributed by atoms with Gasteiger partial charge >= 0.3 is 12.2 Å². The van der Waals surface area contributed by atoms with Crippen LogP contribution in [0.3, 0.4) is 0 Å². The van der Waals surface area contributed by atoms with Crippen LogP contribution >= 0.6 is 0 Å². The molecule has 2 N–H and O–H groups in total. The summed E-state index contributed by atoms with van der Waals surface area (Å²) in [5, 5.41) is 22.9. The van der Waals surface area contributed by atoms with Gasteiger partial charge in [-0.2, -0.15) is 0 Å². The zero-order valence-electron chi connectivity index (χ0n) is 15.6. The number of benzene rings is 1. The molecule has 0 aromatic heterocycles. The normalized spacial score (nSPS) is 23.1. The first-order valence-corrected chi connectivity index (χ1v) is 9.64. The van der Waals surface area contributed by atoms with Crippen LogP contribution in [0.25, 0.3) is 0 Å². The Morgan fingerprint density at radius 1 is 1.14 bits per heavy atom. The lowest BCUT2D eigenvalue weighted by molar-refractivity contribution is -0.384. The smallest absolute Gasteiger partial charge is 0.412 e. The molecule has 3 rings (SSSR count). The van der Waals surface area contributed by atoms with E-state index in [1.54, 1.807) is 0 Å². The van der Waals surface area contributed by atoms with E-state index in [1.165, 1.54) is 48.4 Å². The number of nitro benzene ring substituents is 1. The van der Waals surface area contributed by atoms with Gasteiger partial charge in [0.2, 0.25) is 0 Å². The summed E-state index contributed by atoms with van der Waals surface area (Å²) in [5.74, 6) is 0.901. The number of ether oxygens (including phenoxy) is 1. The number of carbonyl (C=O) groups excluding carboxylic acids is 1. The molecule has 0 spiro atoms. The van der Waals surface area contributed by atoms with E-state index in [0.717, 1.165) is 19.3 Å². The molecule has 1 heterocycles. The second-order valence-corrected chi connectivity index (χ2v) is 7.47. The largest absolute Gasteiger partial charge is 0.465 e. The van der Waals surface area contributed by atoms with Crippen molar-refractivity contribution in [3.63, 3.8) is 0 Å². The van der Waals surface area contributed by atoms with Gasteiger partial charge in [-0.15, -0.1) is 0 Å². The summed E-state index contributed by atoms with van der Waals surface area (Å²) in [5.41, 5.74) is -0.0884. The van der Waals surface area contributed by atoms with Crippen molar-refractivity contribution < 1.29 is 24.4 Å². The molecule has 0 radical (unpaired) electrons. The van der Waals surface area contributed by atoms with Crippen molar-refractivity contribution in [1.29, 1.82) is 0 Å². The van der Waals surface area contributed by atoms with Crippen LogP contribution < -0.4 is 10.1 Å². The van der Waals surface area contributed by atoms with Gasteiger partial charge in [0.05, 0.1) is 11.0 Å². The van der Waals surface area contributed by atoms with Crippen LogP contribution in [-0.4, -0.2) is 46.2 Å². The average Bonchev–Trinajstić information content (AvgIpc) is 2.69. The van der Waals surface area contributed by atoms with Gasteiger partial charge in [0.25, 0.3) is 5.69 Å². The van der Waals surface area contributed by atoms with Crippen molar-refractivity contribution in [2.24, 2.45) is 11.8 Å². The van der Waals surface area contributed by atoms with E-state index in [-0.39, 0.29) is 29.9 Å². The summed E-state index contributed by atoms with van der Waals surface area (Å²) in [6, 6.07) is 4.94. The Kier molecular flexibility index (Phi) is 6.33. The van der Waals surface area contributed by atoms with E-state index in [4.69, 9.17) is 4.74 Å². The highest BCUT2D eigenvalue weighted by atomic mass is 16.6. The molecular formula is C19H25N3O6. The third-order valence-electron chi connectivity index (χ3n) is 5.75. The topological polar surface area (TPSA) is 122 Å². The molecule has 1 aliphatic carbocycles. The first-order valence-electron chi connectivity index (χ1n) is 9.64. The molecule has 1 aliphatic heterocycles. The second kappa shape index (κ2) is 8.90. The third-order valence-corrected chi connectivity index (χ3v) is 5.75. The van der Waals surface area contributed by atoms with Crippen LogP contribution in [-0.2, 0) is 0 Å². The highest BCUT2D eigenvalue weighted by Crippen LogP contribution is 2.36. The molecule has 2 amide bonds. The molecule has 2 aliphatic rings. The number of piperidine rings is 1. The molecule has 2 fully saturated rings. The Morgan fingerprint density at radius 3 is 2.43 bits per heavy atom. The summed E-state index contributed by atoms with van der Waals surface area (Å²) in [6.45, 7) is 0.720. The molecule has 9 nitrogen and oxygen atoms in total. The maximum atomic E-state index is 12.4. The van der Waals surface area contributed by atoms with E-state index in [9.17, 15) is 24.8 Å². The van der Waals surface area contributed by atoms with Crippen molar-refractivity contribution in [2.45, 2.75) is 44.6 Å². The standard InChI is InChI=1S/C19H25N3O6/c23-18(28-15-8-6-14(7-9-15)22(26)27)20-17-12-21(19(24)25)11-10-16(17)13-4-2-1-3-5-13/h6-9,13,16-17H,1-5,10-12H2,(H,20,23)(H,24,25). The van der Waals surface area contributed by atoms with Gasteiger partial charge in [-0.3, -0.25) is 10.1 Å². The molecule has 152 valence electrons. The van der Waals surface area contributed by atoms with Gasteiger partial charge in [-0.25, -0.2) is 9.59 Å². The maximum Gasteiger partial charge on any atom is 0.412 e. The molecule has 2 atom stereocenters. The van der Waals surface area contributed by atoms with Crippen molar-refractivity contribution >= 4 is 17.9 Å². The Hall–Kier alpha value is -2.84. The number of rotatable bonds is 4. The highest BCUT2D eigenvalue weighted by Gasteiger charge is 2.37. The summed E-state index contributed by atoms with van der Waals surface area (Å²) in [6.07, 6.45) is 4.84. The number of non-ortho nitro benzene ring substituents is 1. The number of amides is 2. The summed E-state index contributed by atoms with van der Waals surface area (Å²) in [4.78, 5) is 35.2. The molecule has 28 heavy (non-hydrogen) atoms. The molecule has 0 bridgehead atoms. The van der Waals surface area contributed by atoms with Crippen LogP contribution in [0.2, 0.25) is 0 Å². The summed E-state index contributed by atoms with van der Waals surface area (Å²) >= 11 is 0. The van der Waals surface area contributed by atoms with E-state index < -0.39 is 17.1 Å². The van der Waals surface area contributed by atoms with E-state index in [2.05, 4.69) is 5.32 Å². The zero-order chi connectivity index (χ0) is 20.1. The third kappa shape index (κ3) is 4.90. The molecule has 1 aromatic rings. The van der Waals surface area contributed by atoms with Gasteiger partial charge in [-0.05, 0) is 30.4 Å². The minimum absolute atomic E-state index is 0.0884. The number of nitrogens with one attached hydrogen (secondary N) is 1. The van der Waals surface area contributed by atoms with E-state index >= 15 is 0 Å². The Labute approximate surface area is 162 Å². The first kappa shape index (κ1) is 19.9. The molecule has 9 heteroatoms. The first-order chi connectivity index (χ1) is 13.4. The number of carbonyl (C=O) groups is 2. The Balaban J connectivity index is 1.65. The van der Waals surface area contributed by atoms with Crippen molar-refractivity contribution in [3.05, 3.63) is 34.4 Å². The predicted molar refractivity (Wildman–Crippen MR) is 100 cm³/mol. The molecule has 1 saturated heterocycles. The highest BCUT2D eigenvalue weighted by molar-refractivity contribution is 5.71. The summed E-state index contributed by atoms with van der Waals surface area (Å²) in [7, 11) is 0. The van der Waals surface area contributed by atoms with Gasteiger partial charge in [0.15, 0.2) is 0 Å². The Bertz CT molecular complexity index is 717. The van der Waals surface area contributed by atoms with Crippen molar-refractivity contribution in [1.82, 2.24) is 10.2 Å². The molecular weight excluding hydrogens is 366 g/mol. The fraction of sp³-hybridized carbons (Fsp3) is 0.579. The van der Waals surface area contributed by atoms with Gasteiger partial charge in [0, 0.05) is 25.2 Å². The van der Waals surface area contributed by atoms with Gasteiger partial charge < -0.3 is 20.1 Å². The number of hydrogen-bond acceptors (Lipinski definition) is 5. The lowest BCUT2D eigenvalue weighted by Gasteiger charge is -2.42. The lowest BCUT2D eigenvalue weighted by Crippen LogP contribution is -2.56. The second-order valence-electron chi connectivity index (χ2n) is 7.47. The fourth-order valence-electron chi connectivity index (χ4n) is 4.35. The average molecular weight is 391 g/mol. The number of nitro groups is 1. The predicted octanol–water partition coefficient (Wildman–Crippen LogP) is 3.63. The van der Waals surface area contributed by atoms with Crippen LogP contribution in [0.5, 0.6) is 5.75 Å². The quantitative estimate of drug-likeness (QED) is 0.597. The number of hydrogen-bond donors (Lipinski definition) is 2. The minimum atomic E-state index is -0.988. The Morgan fingerprint density at radius 2 is 1.82 bits per heavy atom. The van der Waals surface area contributed by atoms with Crippen molar-refractivity contribution in [3.8, 4) is 5.75 Å². The zero-order valence-corrected chi connectivity index (χ0v) is 15.6. The summed E-state index contributed by atoms with van der Waals surface area (Å²) < 4.78 is 5.24. The number of likely N-dealkylation sites (tertiary alicyclic amines) is 1. The van der Waals surface area contributed by atoms with E-state index in [1.807, 2.05) is 0 Å². The monoisotopic (exact) mass is 391 g/mol. The number of carboxylic acid groups (broad SMARTS) is 1. The molecule has 1 saturated carbocycles.